The third-order valence-corrected chi connectivity index (χ3v) is 3.87. The minimum atomic E-state index is -0.0809. The van der Waals surface area contributed by atoms with Crippen LogP contribution in [0.1, 0.15) is 50.8 Å². The fourth-order valence-corrected chi connectivity index (χ4v) is 2.28. The van der Waals surface area contributed by atoms with Gasteiger partial charge in [-0.1, -0.05) is 19.1 Å². The minimum Gasteiger partial charge on any atom is -0.496 e. The lowest BCUT2D eigenvalue weighted by Crippen LogP contribution is -2.27. The summed E-state index contributed by atoms with van der Waals surface area (Å²) >= 11 is 0. The predicted octanol–water partition coefficient (Wildman–Crippen LogP) is 3.86. The molecule has 20 heavy (non-hydrogen) atoms. The molecule has 114 valence electrons. The summed E-state index contributed by atoms with van der Waals surface area (Å²) in [6, 6.07) is 6.79. The lowest BCUT2D eigenvalue weighted by Gasteiger charge is -2.27. The van der Waals surface area contributed by atoms with E-state index in [1.165, 1.54) is 11.1 Å². The minimum absolute atomic E-state index is 0.0809. The van der Waals surface area contributed by atoms with E-state index in [0.29, 0.717) is 6.04 Å². The Morgan fingerprint density at radius 2 is 1.95 bits per heavy atom. The van der Waals surface area contributed by atoms with E-state index in [4.69, 9.17) is 9.47 Å². The van der Waals surface area contributed by atoms with Gasteiger partial charge in [0, 0.05) is 13.2 Å². The molecule has 0 aliphatic carbocycles. The topological polar surface area (TPSA) is 30.5 Å². The lowest BCUT2D eigenvalue weighted by atomic mass is 9.94. The van der Waals surface area contributed by atoms with Gasteiger partial charge in [-0.05, 0) is 57.4 Å². The van der Waals surface area contributed by atoms with E-state index in [1.54, 1.807) is 14.2 Å². The predicted molar refractivity (Wildman–Crippen MR) is 84.5 cm³/mol. The van der Waals surface area contributed by atoms with E-state index < -0.39 is 0 Å². The summed E-state index contributed by atoms with van der Waals surface area (Å²) in [5, 5.41) is 3.56. The first kappa shape index (κ1) is 17.0. The maximum absolute atomic E-state index is 5.51. The normalized spacial score (nSPS) is 13.3. The van der Waals surface area contributed by atoms with Gasteiger partial charge in [-0.15, -0.1) is 0 Å². The fraction of sp³-hybridized carbons (Fsp3) is 0.647. The zero-order valence-corrected chi connectivity index (χ0v) is 13.7. The van der Waals surface area contributed by atoms with Gasteiger partial charge in [0.25, 0.3) is 0 Å². The first-order valence-corrected chi connectivity index (χ1v) is 7.36. The molecule has 1 aromatic rings. The molecule has 0 spiro atoms. The molecule has 0 saturated carbocycles. The van der Waals surface area contributed by atoms with Crippen LogP contribution in [-0.4, -0.2) is 26.4 Å². The summed E-state index contributed by atoms with van der Waals surface area (Å²) in [4.78, 5) is 0. The summed E-state index contributed by atoms with van der Waals surface area (Å²) in [7, 11) is 3.50. The molecule has 3 nitrogen and oxygen atoms in total. The Hall–Kier alpha value is -1.06. The molecule has 1 N–H and O–H groups in total. The maximum Gasteiger partial charge on any atom is 0.122 e. The van der Waals surface area contributed by atoms with Crippen LogP contribution in [0.4, 0.5) is 0 Å². The van der Waals surface area contributed by atoms with Crippen molar-refractivity contribution < 1.29 is 9.47 Å². The highest BCUT2D eigenvalue weighted by atomic mass is 16.5. The molecule has 0 radical (unpaired) electrons. The molecule has 0 aliphatic rings. The van der Waals surface area contributed by atoms with E-state index in [9.17, 15) is 0 Å². The maximum atomic E-state index is 5.51. The Morgan fingerprint density at radius 3 is 2.50 bits per heavy atom. The van der Waals surface area contributed by atoms with Gasteiger partial charge in [0.1, 0.15) is 5.75 Å². The highest BCUT2D eigenvalue weighted by Gasteiger charge is 2.20. The fourth-order valence-electron chi connectivity index (χ4n) is 2.28. The van der Waals surface area contributed by atoms with Crippen LogP contribution >= 0.6 is 0 Å². The third-order valence-electron chi connectivity index (χ3n) is 3.87. The van der Waals surface area contributed by atoms with Crippen LogP contribution < -0.4 is 10.1 Å². The molecule has 1 aromatic carbocycles. The van der Waals surface area contributed by atoms with Crippen LogP contribution in [0, 0.1) is 6.92 Å². The van der Waals surface area contributed by atoms with Crippen molar-refractivity contribution in [2.24, 2.45) is 0 Å². The molecular weight excluding hydrogens is 250 g/mol. The van der Waals surface area contributed by atoms with E-state index >= 15 is 0 Å². The standard InChI is InChI=1S/C17H29NO2/c1-7-18-15(10-11-17(3,4)20-6)14-9-8-13(2)16(12-14)19-5/h8-9,12,15,18H,7,10-11H2,1-6H3. The first-order chi connectivity index (χ1) is 9.43. The largest absolute Gasteiger partial charge is 0.496 e. The molecule has 0 amide bonds. The number of rotatable bonds is 8. The van der Waals surface area contributed by atoms with Crippen molar-refractivity contribution in [3.63, 3.8) is 0 Å². The molecule has 1 atom stereocenters. The van der Waals surface area contributed by atoms with E-state index in [0.717, 1.165) is 25.1 Å². The number of methoxy groups -OCH3 is 2. The van der Waals surface area contributed by atoms with Gasteiger partial charge in [0.05, 0.1) is 12.7 Å². The Bertz CT molecular complexity index is 415. The van der Waals surface area contributed by atoms with Gasteiger partial charge in [-0.25, -0.2) is 0 Å². The molecule has 1 unspecified atom stereocenters. The second-order valence-electron chi connectivity index (χ2n) is 5.84. The van der Waals surface area contributed by atoms with Crippen LogP contribution in [0.5, 0.6) is 5.75 Å². The Balaban J connectivity index is 2.85. The van der Waals surface area contributed by atoms with Crippen LogP contribution in [-0.2, 0) is 4.74 Å². The number of ether oxygens (including phenoxy) is 2. The summed E-state index contributed by atoms with van der Waals surface area (Å²) < 4.78 is 10.9. The van der Waals surface area contributed by atoms with E-state index in [1.807, 2.05) is 0 Å². The molecule has 0 saturated heterocycles. The molecule has 0 aromatic heterocycles. The van der Waals surface area contributed by atoms with Crippen molar-refractivity contribution in [3.05, 3.63) is 29.3 Å². The third kappa shape index (κ3) is 4.80. The van der Waals surface area contributed by atoms with Crippen molar-refractivity contribution in [2.45, 2.75) is 52.2 Å². The van der Waals surface area contributed by atoms with Crippen molar-refractivity contribution in [1.29, 1.82) is 0 Å². The SMILES string of the molecule is CCNC(CCC(C)(C)OC)c1ccc(C)c(OC)c1. The number of hydrogen-bond acceptors (Lipinski definition) is 3. The Kier molecular flexibility index (Phi) is 6.50. The second-order valence-corrected chi connectivity index (χ2v) is 5.84. The Morgan fingerprint density at radius 1 is 1.25 bits per heavy atom. The van der Waals surface area contributed by atoms with E-state index in [-0.39, 0.29) is 5.60 Å². The van der Waals surface area contributed by atoms with Crippen LogP contribution in [0.25, 0.3) is 0 Å². The van der Waals surface area contributed by atoms with Crippen molar-refractivity contribution in [2.75, 3.05) is 20.8 Å². The number of hydrogen-bond donors (Lipinski definition) is 1. The lowest BCUT2D eigenvalue weighted by molar-refractivity contribution is 0.0117. The zero-order valence-electron chi connectivity index (χ0n) is 13.7. The van der Waals surface area contributed by atoms with Gasteiger partial charge < -0.3 is 14.8 Å². The first-order valence-electron chi connectivity index (χ1n) is 7.36. The molecule has 3 heteroatoms. The van der Waals surface area contributed by atoms with Gasteiger partial charge in [-0.3, -0.25) is 0 Å². The van der Waals surface area contributed by atoms with Gasteiger partial charge >= 0.3 is 0 Å². The smallest absolute Gasteiger partial charge is 0.122 e. The average molecular weight is 279 g/mol. The number of aryl methyl sites for hydroxylation is 1. The number of nitrogens with one attached hydrogen (secondary N) is 1. The average Bonchev–Trinajstić information content (AvgIpc) is 2.44. The van der Waals surface area contributed by atoms with Crippen LogP contribution in [0.2, 0.25) is 0 Å². The van der Waals surface area contributed by atoms with Crippen molar-refractivity contribution in [3.8, 4) is 5.75 Å². The van der Waals surface area contributed by atoms with Gasteiger partial charge in [0.2, 0.25) is 0 Å². The van der Waals surface area contributed by atoms with Crippen molar-refractivity contribution in [1.82, 2.24) is 5.32 Å². The molecule has 0 fully saturated rings. The monoisotopic (exact) mass is 279 g/mol. The molecule has 0 aliphatic heterocycles. The molecule has 0 heterocycles. The van der Waals surface area contributed by atoms with Gasteiger partial charge in [0.15, 0.2) is 0 Å². The Labute approximate surface area is 123 Å². The zero-order chi connectivity index (χ0) is 15.2. The van der Waals surface area contributed by atoms with Crippen LogP contribution in [0.3, 0.4) is 0 Å². The summed E-state index contributed by atoms with van der Waals surface area (Å²) in [6.07, 6.45) is 2.05. The van der Waals surface area contributed by atoms with E-state index in [2.05, 4.69) is 51.2 Å². The molecule has 0 bridgehead atoms. The molecular formula is C17H29NO2. The highest BCUT2D eigenvalue weighted by Crippen LogP contribution is 2.28. The highest BCUT2D eigenvalue weighted by molar-refractivity contribution is 5.37. The van der Waals surface area contributed by atoms with Crippen molar-refractivity contribution >= 4 is 0 Å². The quantitative estimate of drug-likeness (QED) is 0.784. The summed E-state index contributed by atoms with van der Waals surface area (Å²) in [5.74, 6) is 0.955. The summed E-state index contributed by atoms with van der Waals surface area (Å²) in [5.41, 5.74) is 2.37. The van der Waals surface area contributed by atoms with Crippen LogP contribution in [0.15, 0.2) is 18.2 Å². The summed E-state index contributed by atoms with van der Waals surface area (Å²) in [6.45, 7) is 9.42. The number of benzene rings is 1. The molecule has 1 rings (SSSR count). The van der Waals surface area contributed by atoms with Gasteiger partial charge in [-0.2, -0.15) is 0 Å². The second kappa shape index (κ2) is 7.65.